The van der Waals surface area contributed by atoms with Crippen LogP contribution in [-0.4, -0.2) is 0 Å². The summed E-state index contributed by atoms with van der Waals surface area (Å²) in [5, 5.41) is 1.62. The van der Waals surface area contributed by atoms with Gasteiger partial charge in [-0.3, -0.25) is 9.13 Å². The Kier molecular flexibility index (Phi) is 5.72. The molecule has 0 saturated heterocycles. The summed E-state index contributed by atoms with van der Waals surface area (Å²) < 4.78 is 23.1. The Morgan fingerprint density at radius 3 is 2.09 bits per heavy atom. The van der Waals surface area contributed by atoms with Gasteiger partial charge in [-0.2, -0.15) is 0 Å². The Labute approximate surface area is 143 Å². The molecule has 118 valence electrons. The summed E-state index contributed by atoms with van der Waals surface area (Å²) in [7, 11) is 0.0559. The van der Waals surface area contributed by atoms with Crippen LogP contribution in [0.15, 0.2) is 12.1 Å². The van der Waals surface area contributed by atoms with Crippen LogP contribution in [0.4, 0.5) is 0 Å². The van der Waals surface area contributed by atoms with Crippen molar-refractivity contribution in [2.45, 2.75) is 52.4 Å². The van der Waals surface area contributed by atoms with Crippen molar-refractivity contribution in [3.05, 3.63) is 21.9 Å². The zero-order valence-electron chi connectivity index (χ0n) is 13.5. The molecular formula is C16H20O2P2S2. The molecule has 0 aliphatic heterocycles. The van der Waals surface area contributed by atoms with E-state index in [4.69, 9.17) is 0 Å². The standard InChI is InChI=1S/C16H20O2P2S2/c1-6-9(2)12-7-10(19-17)14(21-12)15-11(20-18)8-13(22-15)16(3,4)5/h7-9H,6H2,1-5H3. The van der Waals surface area contributed by atoms with Crippen LogP contribution >= 0.6 is 39.6 Å². The van der Waals surface area contributed by atoms with E-state index in [2.05, 4.69) is 34.6 Å². The summed E-state index contributed by atoms with van der Waals surface area (Å²) in [4.78, 5) is 4.45. The second-order valence-corrected chi connectivity index (χ2v) is 9.89. The van der Waals surface area contributed by atoms with Crippen LogP contribution in [0.5, 0.6) is 0 Å². The van der Waals surface area contributed by atoms with Gasteiger partial charge in [0.25, 0.3) is 0 Å². The molecule has 6 heteroatoms. The molecule has 2 heterocycles. The van der Waals surface area contributed by atoms with Crippen LogP contribution in [0.3, 0.4) is 0 Å². The highest BCUT2D eigenvalue weighted by atomic mass is 32.1. The van der Waals surface area contributed by atoms with Crippen LogP contribution in [0.2, 0.25) is 0 Å². The molecule has 0 aromatic carbocycles. The first-order chi connectivity index (χ1) is 10.3. The maximum Gasteiger partial charge on any atom is 0.193 e. The molecule has 2 nitrogen and oxygen atoms in total. The van der Waals surface area contributed by atoms with Crippen molar-refractivity contribution in [3.8, 4) is 9.75 Å². The number of hydrogen-bond acceptors (Lipinski definition) is 4. The molecule has 0 spiro atoms. The Morgan fingerprint density at radius 2 is 1.59 bits per heavy atom. The highest BCUT2D eigenvalue weighted by Crippen LogP contribution is 2.40. The first kappa shape index (κ1) is 17.9. The molecule has 0 aliphatic carbocycles. The third-order valence-electron chi connectivity index (χ3n) is 3.68. The summed E-state index contributed by atoms with van der Waals surface area (Å²) >= 11 is 3.35. The van der Waals surface area contributed by atoms with Crippen LogP contribution in [0.1, 0.15) is 56.7 Å². The van der Waals surface area contributed by atoms with Gasteiger partial charge in [0.05, 0.1) is 20.4 Å². The summed E-state index contributed by atoms with van der Waals surface area (Å²) in [6, 6.07) is 4.05. The molecule has 22 heavy (non-hydrogen) atoms. The SMILES string of the molecule is CCC(C)c1cc(P=O)c(-c2sc(C(C)(C)C)cc2P=O)s1. The predicted octanol–water partition coefficient (Wildman–Crippen LogP) is 6.12. The van der Waals surface area contributed by atoms with Gasteiger partial charge in [-0.05, 0) is 29.9 Å². The zero-order valence-corrected chi connectivity index (χ0v) is 16.9. The highest BCUT2D eigenvalue weighted by Gasteiger charge is 2.24. The predicted molar refractivity (Wildman–Crippen MR) is 99.5 cm³/mol. The maximum atomic E-state index is 11.6. The van der Waals surface area contributed by atoms with Gasteiger partial charge in [0, 0.05) is 9.75 Å². The Hall–Kier alpha value is -0.400. The van der Waals surface area contributed by atoms with Gasteiger partial charge in [0.2, 0.25) is 0 Å². The fourth-order valence-electron chi connectivity index (χ4n) is 2.06. The van der Waals surface area contributed by atoms with Crippen molar-refractivity contribution in [2.24, 2.45) is 0 Å². The van der Waals surface area contributed by atoms with Gasteiger partial charge >= 0.3 is 0 Å². The molecule has 1 unspecified atom stereocenters. The first-order valence-electron chi connectivity index (χ1n) is 7.26. The lowest BCUT2D eigenvalue weighted by molar-refractivity contribution is 0.601. The number of thiophene rings is 2. The van der Waals surface area contributed by atoms with E-state index in [0.29, 0.717) is 5.92 Å². The quantitative estimate of drug-likeness (QED) is 0.594. The van der Waals surface area contributed by atoms with E-state index >= 15 is 0 Å². The molecule has 0 saturated carbocycles. The third-order valence-corrected chi connectivity index (χ3v) is 8.18. The lowest BCUT2D eigenvalue weighted by Crippen LogP contribution is -2.08. The van der Waals surface area contributed by atoms with Gasteiger partial charge < -0.3 is 0 Å². The number of rotatable bonds is 5. The van der Waals surface area contributed by atoms with Gasteiger partial charge in [-0.15, -0.1) is 22.7 Å². The molecule has 2 aromatic heterocycles. The minimum atomic E-state index is 0.0223. The van der Waals surface area contributed by atoms with E-state index < -0.39 is 0 Å². The highest BCUT2D eigenvalue weighted by molar-refractivity contribution is 7.40. The Morgan fingerprint density at radius 1 is 1.05 bits per heavy atom. The summed E-state index contributed by atoms with van der Waals surface area (Å²) in [6.45, 7) is 10.8. The second kappa shape index (κ2) is 7.01. The third kappa shape index (κ3) is 3.57. The Balaban J connectivity index is 2.60. The average Bonchev–Trinajstić information content (AvgIpc) is 3.08. The first-order valence-corrected chi connectivity index (χ1v) is 10.5. The molecule has 0 aliphatic rings. The second-order valence-electron chi connectivity index (χ2n) is 6.43. The van der Waals surface area contributed by atoms with Gasteiger partial charge in [0.1, 0.15) is 0 Å². The van der Waals surface area contributed by atoms with E-state index in [0.717, 1.165) is 26.8 Å². The molecule has 0 amide bonds. The van der Waals surface area contributed by atoms with E-state index in [1.54, 1.807) is 22.7 Å². The molecule has 0 radical (unpaired) electrons. The minimum absolute atomic E-state index is 0.0223. The lowest BCUT2D eigenvalue weighted by atomic mass is 9.95. The molecule has 2 aromatic rings. The number of hydrogen-bond donors (Lipinski definition) is 0. The zero-order chi connectivity index (χ0) is 16.5. The molecule has 0 N–H and O–H groups in total. The fraction of sp³-hybridized carbons (Fsp3) is 0.500. The topological polar surface area (TPSA) is 34.1 Å². The summed E-state index contributed by atoms with van der Waals surface area (Å²) in [6.07, 6.45) is 1.06. The molecule has 0 fully saturated rings. The van der Waals surface area contributed by atoms with Crippen LogP contribution in [0, 0.1) is 0 Å². The van der Waals surface area contributed by atoms with Gasteiger partial charge in [-0.1, -0.05) is 34.6 Å². The van der Waals surface area contributed by atoms with E-state index in [1.807, 2.05) is 12.1 Å². The van der Waals surface area contributed by atoms with Crippen molar-refractivity contribution < 1.29 is 9.13 Å². The van der Waals surface area contributed by atoms with Crippen LogP contribution in [-0.2, 0) is 14.5 Å². The maximum absolute atomic E-state index is 11.6. The van der Waals surface area contributed by atoms with Gasteiger partial charge in [-0.25, -0.2) is 0 Å². The van der Waals surface area contributed by atoms with E-state index in [-0.39, 0.29) is 22.3 Å². The normalized spacial score (nSPS) is 13.9. The molecule has 2 rings (SSSR count). The van der Waals surface area contributed by atoms with E-state index in [1.165, 1.54) is 9.75 Å². The summed E-state index contributed by atoms with van der Waals surface area (Å²) in [5.74, 6) is 0.453. The molecule has 1 atom stereocenters. The van der Waals surface area contributed by atoms with Crippen LogP contribution in [0.25, 0.3) is 9.75 Å². The fourth-order valence-corrected chi connectivity index (χ4v) is 6.11. The van der Waals surface area contributed by atoms with Gasteiger partial charge in [0.15, 0.2) is 16.9 Å². The Bertz CT molecular complexity index is 696. The van der Waals surface area contributed by atoms with Crippen LogP contribution < -0.4 is 10.6 Å². The van der Waals surface area contributed by atoms with Crippen molar-refractivity contribution in [2.75, 3.05) is 0 Å². The lowest BCUT2D eigenvalue weighted by Gasteiger charge is -2.15. The van der Waals surface area contributed by atoms with Crippen molar-refractivity contribution in [3.63, 3.8) is 0 Å². The smallest absolute Gasteiger partial charge is 0.193 e. The van der Waals surface area contributed by atoms with Crippen molar-refractivity contribution >= 4 is 50.2 Å². The van der Waals surface area contributed by atoms with Crippen molar-refractivity contribution in [1.29, 1.82) is 0 Å². The van der Waals surface area contributed by atoms with E-state index in [9.17, 15) is 9.13 Å². The molecule has 0 bridgehead atoms. The molecular weight excluding hydrogens is 350 g/mol. The summed E-state index contributed by atoms with van der Waals surface area (Å²) in [5.41, 5.74) is 0.0223. The van der Waals surface area contributed by atoms with Crippen molar-refractivity contribution in [1.82, 2.24) is 0 Å². The monoisotopic (exact) mass is 370 g/mol. The largest absolute Gasteiger partial charge is 0.269 e. The minimum Gasteiger partial charge on any atom is -0.269 e. The average molecular weight is 370 g/mol.